The van der Waals surface area contributed by atoms with Crippen LogP contribution in [0.2, 0.25) is 0 Å². The second-order valence-corrected chi connectivity index (χ2v) is 5.29. The summed E-state index contributed by atoms with van der Waals surface area (Å²) in [5.74, 6) is -0.0594. The predicted molar refractivity (Wildman–Crippen MR) is 71.0 cm³/mol. The number of amides is 1. The second-order valence-electron chi connectivity index (χ2n) is 5.29. The van der Waals surface area contributed by atoms with Gasteiger partial charge in [-0.2, -0.15) is 0 Å². The van der Waals surface area contributed by atoms with Gasteiger partial charge in [0, 0.05) is 12.0 Å². The van der Waals surface area contributed by atoms with Crippen molar-refractivity contribution in [2.24, 2.45) is 11.8 Å². The van der Waals surface area contributed by atoms with Gasteiger partial charge in [0.05, 0.1) is 19.1 Å². The lowest BCUT2D eigenvalue weighted by atomic mass is 10.0. The van der Waals surface area contributed by atoms with Crippen LogP contribution in [0, 0.1) is 11.8 Å². The molecule has 106 valence electrons. The molecule has 3 atom stereocenters. The predicted octanol–water partition coefficient (Wildman–Crippen LogP) is 1.52. The highest BCUT2D eigenvalue weighted by molar-refractivity contribution is 5.88. The molecule has 5 nitrogen and oxygen atoms in total. The molecule has 20 heavy (non-hydrogen) atoms. The molecule has 0 spiro atoms. The van der Waals surface area contributed by atoms with Crippen molar-refractivity contribution < 1.29 is 19.1 Å². The fraction of sp³-hybridized carbons (Fsp3) is 0.467. The SMILES string of the molecule is O=C(NC1CC2COC[C@@H]1C2=O)OCc1ccccc1. The van der Waals surface area contributed by atoms with Crippen LogP contribution in [-0.2, 0) is 20.9 Å². The smallest absolute Gasteiger partial charge is 0.407 e. The number of alkyl carbamates (subject to hydrolysis) is 1. The first-order valence-corrected chi connectivity index (χ1v) is 6.82. The van der Waals surface area contributed by atoms with Crippen LogP contribution in [0.5, 0.6) is 0 Å². The fourth-order valence-corrected chi connectivity index (χ4v) is 2.85. The second kappa shape index (κ2) is 5.63. The van der Waals surface area contributed by atoms with Crippen LogP contribution in [0.25, 0.3) is 0 Å². The average molecular weight is 275 g/mol. The Morgan fingerprint density at radius 3 is 2.85 bits per heavy atom. The van der Waals surface area contributed by atoms with E-state index in [2.05, 4.69) is 5.32 Å². The highest BCUT2D eigenvalue weighted by Crippen LogP contribution is 2.32. The minimum absolute atomic E-state index is 0.0619. The summed E-state index contributed by atoms with van der Waals surface area (Å²) in [6.45, 7) is 1.11. The van der Waals surface area contributed by atoms with Gasteiger partial charge >= 0.3 is 6.09 Å². The van der Waals surface area contributed by atoms with Crippen LogP contribution in [0.15, 0.2) is 30.3 Å². The number of fused-ring (bicyclic) bond motifs is 2. The maximum absolute atomic E-state index is 11.9. The van der Waals surface area contributed by atoms with Crippen LogP contribution in [-0.4, -0.2) is 31.1 Å². The molecule has 1 amide bonds. The molecule has 1 saturated carbocycles. The Labute approximate surface area is 117 Å². The summed E-state index contributed by atoms with van der Waals surface area (Å²) < 4.78 is 10.5. The summed E-state index contributed by atoms with van der Waals surface area (Å²) in [6.07, 6.45) is 0.184. The zero-order valence-corrected chi connectivity index (χ0v) is 11.1. The molecule has 1 aliphatic heterocycles. The van der Waals surface area contributed by atoms with E-state index in [0.717, 1.165) is 5.56 Å². The van der Waals surface area contributed by atoms with E-state index in [9.17, 15) is 9.59 Å². The Kier molecular flexibility index (Phi) is 3.69. The first kappa shape index (κ1) is 13.1. The van der Waals surface area contributed by atoms with Crippen molar-refractivity contribution in [3.05, 3.63) is 35.9 Å². The summed E-state index contributed by atoms with van der Waals surface area (Å²) in [7, 11) is 0. The van der Waals surface area contributed by atoms with Gasteiger partial charge in [0.1, 0.15) is 12.4 Å². The lowest BCUT2D eigenvalue weighted by Crippen LogP contribution is -2.41. The van der Waals surface area contributed by atoms with E-state index in [-0.39, 0.29) is 30.3 Å². The Morgan fingerprint density at radius 2 is 2.10 bits per heavy atom. The molecule has 0 aromatic heterocycles. The van der Waals surface area contributed by atoms with Gasteiger partial charge in [0.15, 0.2) is 0 Å². The van der Waals surface area contributed by atoms with Crippen molar-refractivity contribution in [3.63, 3.8) is 0 Å². The summed E-state index contributed by atoms with van der Waals surface area (Å²) >= 11 is 0. The number of carbonyl (C=O) groups excluding carboxylic acids is 2. The third-order valence-electron chi connectivity index (χ3n) is 3.92. The molecule has 2 unspecified atom stereocenters. The Hall–Kier alpha value is -1.88. The maximum atomic E-state index is 11.9. The standard InChI is InChI=1S/C15H17NO4/c17-14-11-6-13(12(14)9-19-8-11)16-15(18)20-7-10-4-2-1-3-5-10/h1-5,11-13H,6-9H2,(H,16,18)/t11?,12-,13?/m0/s1. The minimum Gasteiger partial charge on any atom is -0.445 e. The monoisotopic (exact) mass is 275 g/mol. The molecule has 5 heteroatoms. The van der Waals surface area contributed by atoms with Crippen molar-refractivity contribution >= 4 is 11.9 Å². The molecule has 2 bridgehead atoms. The largest absolute Gasteiger partial charge is 0.445 e. The molecule has 1 heterocycles. The number of rotatable bonds is 3. The fourth-order valence-electron chi connectivity index (χ4n) is 2.85. The zero-order valence-electron chi connectivity index (χ0n) is 11.1. The lowest BCUT2D eigenvalue weighted by Gasteiger charge is -2.20. The average Bonchev–Trinajstić information content (AvgIpc) is 2.65. The van der Waals surface area contributed by atoms with E-state index >= 15 is 0 Å². The molecule has 2 fully saturated rings. The number of hydrogen-bond acceptors (Lipinski definition) is 4. The van der Waals surface area contributed by atoms with E-state index < -0.39 is 6.09 Å². The molecule has 0 radical (unpaired) electrons. The van der Waals surface area contributed by atoms with Gasteiger partial charge < -0.3 is 14.8 Å². The van der Waals surface area contributed by atoms with Crippen LogP contribution in [0.1, 0.15) is 12.0 Å². The van der Waals surface area contributed by atoms with E-state index in [1.165, 1.54) is 0 Å². The molecule has 1 aromatic rings. The highest BCUT2D eigenvalue weighted by atomic mass is 16.5. The number of carbonyl (C=O) groups is 2. The van der Waals surface area contributed by atoms with Gasteiger partial charge in [-0.05, 0) is 12.0 Å². The normalized spacial score (nSPS) is 28.2. The molecular formula is C15H17NO4. The van der Waals surface area contributed by atoms with Crippen LogP contribution >= 0.6 is 0 Å². The molecule has 1 aliphatic carbocycles. The van der Waals surface area contributed by atoms with E-state index in [1.807, 2.05) is 30.3 Å². The number of nitrogens with one attached hydrogen (secondary N) is 1. The van der Waals surface area contributed by atoms with E-state index in [4.69, 9.17) is 9.47 Å². The topological polar surface area (TPSA) is 64.6 Å². The number of ether oxygens (including phenoxy) is 2. The third-order valence-corrected chi connectivity index (χ3v) is 3.92. The van der Waals surface area contributed by atoms with Crippen LogP contribution < -0.4 is 5.32 Å². The summed E-state index contributed by atoms with van der Waals surface area (Å²) in [6, 6.07) is 9.34. The van der Waals surface area contributed by atoms with Crippen molar-refractivity contribution in [2.75, 3.05) is 13.2 Å². The van der Waals surface area contributed by atoms with Crippen molar-refractivity contribution in [3.8, 4) is 0 Å². The quantitative estimate of drug-likeness (QED) is 0.908. The van der Waals surface area contributed by atoms with Gasteiger partial charge in [-0.25, -0.2) is 4.79 Å². The molecular weight excluding hydrogens is 258 g/mol. The molecule has 1 N–H and O–H groups in total. The van der Waals surface area contributed by atoms with Crippen molar-refractivity contribution in [1.82, 2.24) is 5.32 Å². The van der Waals surface area contributed by atoms with Gasteiger partial charge in [-0.1, -0.05) is 30.3 Å². The molecule has 1 saturated heterocycles. The van der Waals surface area contributed by atoms with Crippen molar-refractivity contribution in [2.45, 2.75) is 19.1 Å². The number of Topliss-reactive ketones (excluding diaryl/α,β-unsaturated/α-hetero) is 1. The van der Waals surface area contributed by atoms with Gasteiger partial charge in [-0.15, -0.1) is 0 Å². The maximum Gasteiger partial charge on any atom is 0.407 e. The van der Waals surface area contributed by atoms with Gasteiger partial charge in [0.2, 0.25) is 0 Å². The molecule has 2 aliphatic rings. The molecule has 3 rings (SSSR count). The lowest BCUT2D eigenvalue weighted by molar-refractivity contribution is -0.132. The summed E-state index contributed by atoms with van der Waals surface area (Å²) in [5, 5.41) is 2.79. The van der Waals surface area contributed by atoms with E-state index in [0.29, 0.717) is 19.6 Å². The van der Waals surface area contributed by atoms with Gasteiger partial charge in [-0.3, -0.25) is 4.79 Å². The summed E-state index contributed by atoms with van der Waals surface area (Å²) in [5.41, 5.74) is 0.937. The first-order chi connectivity index (χ1) is 9.74. The Morgan fingerprint density at radius 1 is 1.30 bits per heavy atom. The first-order valence-electron chi connectivity index (χ1n) is 6.82. The number of ketones is 1. The van der Waals surface area contributed by atoms with E-state index in [1.54, 1.807) is 0 Å². The third kappa shape index (κ3) is 2.67. The van der Waals surface area contributed by atoms with Crippen molar-refractivity contribution in [1.29, 1.82) is 0 Å². The minimum atomic E-state index is -0.473. The van der Waals surface area contributed by atoms with Gasteiger partial charge in [0.25, 0.3) is 0 Å². The Balaban J connectivity index is 1.51. The Bertz CT molecular complexity index is 502. The van der Waals surface area contributed by atoms with Crippen LogP contribution in [0.3, 0.4) is 0 Å². The van der Waals surface area contributed by atoms with Crippen LogP contribution in [0.4, 0.5) is 4.79 Å². The highest BCUT2D eigenvalue weighted by Gasteiger charge is 2.46. The number of benzene rings is 1. The summed E-state index contributed by atoms with van der Waals surface area (Å²) in [4.78, 5) is 23.7. The zero-order chi connectivity index (χ0) is 13.9. The number of hydrogen-bond donors (Lipinski definition) is 1. The molecule has 1 aromatic carbocycles.